The van der Waals surface area contributed by atoms with Gasteiger partial charge in [-0.3, -0.25) is 0 Å². The van der Waals surface area contributed by atoms with Gasteiger partial charge in [-0.2, -0.15) is 0 Å². The lowest BCUT2D eigenvalue weighted by Crippen LogP contribution is -1.84. The second-order valence-electron chi connectivity index (χ2n) is 3.45. The average molecular weight is 194 g/mol. The van der Waals surface area contributed by atoms with Crippen LogP contribution in [0.4, 0.5) is 0 Å². The summed E-state index contributed by atoms with van der Waals surface area (Å²) < 4.78 is 4.83. The van der Waals surface area contributed by atoms with Gasteiger partial charge in [-0.25, -0.2) is 0 Å². The summed E-state index contributed by atoms with van der Waals surface area (Å²) in [6.45, 7) is 12.0. The zero-order valence-corrected chi connectivity index (χ0v) is 10.1. The molecule has 0 saturated heterocycles. The Morgan fingerprint density at radius 3 is 1.21 bits per heavy atom. The number of rotatable bonds is 2. The third-order valence-corrected chi connectivity index (χ3v) is 1.77. The fourth-order valence-electron chi connectivity index (χ4n) is 1.41. The van der Waals surface area contributed by atoms with Gasteiger partial charge in [0.05, 0.1) is 0 Å². The Bertz CT molecular complexity index is 201. The second kappa shape index (κ2) is 7.57. The van der Waals surface area contributed by atoms with Crippen molar-refractivity contribution in [3.63, 3.8) is 0 Å². The Morgan fingerprint density at radius 2 is 1.07 bits per heavy atom. The topological polar surface area (TPSA) is 9.23 Å². The van der Waals surface area contributed by atoms with Gasteiger partial charge in [-0.15, -0.1) is 0 Å². The highest BCUT2D eigenvalue weighted by Gasteiger charge is 1.87. The van der Waals surface area contributed by atoms with Crippen LogP contribution in [0.15, 0.2) is 18.2 Å². The van der Waals surface area contributed by atoms with Gasteiger partial charge >= 0.3 is 0 Å². The zero-order chi connectivity index (χ0) is 11.0. The lowest BCUT2D eigenvalue weighted by atomic mass is 10.1. The highest BCUT2D eigenvalue weighted by Crippen LogP contribution is 2.06. The molecule has 0 saturated carbocycles. The van der Waals surface area contributed by atoms with E-state index in [2.05, 4.69) is 39.0 Å². The van der Waals surface area contributed by atoms with E-state index < -0.39 is 0 Å². The standard InChI is InChI=1S/C9H12.C4H10O/c1-7-4-8(2)6-9(3)5-7;1-3-5-4-2/h4-6H,1-3H3;3-4H2,1-2H3. The molecule has 14 heavy (non-hydrogen) atoms. The van der Waals surface area contributed by atoms with Crippen molar-refractivity contribution in [2.45, 2.75) is 34.6 Å². The lowest BCUT2D eigenvalue weighted by Gasteiger charge is -1.96. The SMILES string of the molecule is CCOCC.Cc1cc(C)cc(C)c1. The second-order valence-corrected chi connectivity index (χ2v) is 3.45. The molecule has 1 rings (SSSR count). The third kappa shape index (κ3) is 6.67. The van der Waals surface area contributed by atoms with Crippen molar-refractivity contribution in [2.75, 3.05) is 13.2 Å². The van der Waals surface area contributed by atoms with Gasteiger partial charge in [0.2, 0.25) is 0 Å². The van der Waals surface area contributed by atoms with E-state index >= 15 is 0 Å². The van der Waals surface area contributed by atoms with E-state index in [0.29, 0.717) is 0 Å². The first-order chi connectivity index (χ1) is 6.60. The Balaban J connectivity index is 0.000000292. The monoisotopic (exact) mass is 194 g/mol. The van der Waals surface area contributed by atoms with Gasteiger partial charge < -0.3 is 4.74 Å². The molecule has 0 amide bonds. The molecule has 80 valence electrons. The average Bonchev–Trinajstić information content (AvgIpc) is 2.03. The van der Waals surface area contributed by atoms with Crippen LogP contribution in [0.3, 0.4) is 0 Å². The Morgan fingerprint density at radius 1 is 0.786 bits per heavy atom. The van der Waals surface area contributed by atoms with Gasteiger partial charge in [0.1, 0.15) is 0 Å². The van der Waals surface area contributed by atoms with Crippen molar-refractivity contribution in [3.8, 4) is 0 Å². The number of hydrogen-bond donors (Lipinski definition) is 0. The molecule has 1 aromatic rings. The Hall–Kier alpha value is -0.820. The van der Waals surface area contributed by atoms with Crippen LogP contribution in [-0.2, 0) is 4.74 Å². The number of aryl methyl sites for hydroxylation is 3. The molecule has 1 heteroatoms. The van der Waals surface area contributed by atoms with Crippen molar-refractivity contribution in [1.29, 1.82) is 0 Å². The smallest absolute Gasteiger partial charge is 0.0437 e. The van der Waals surface area contributed by atoms with E-state index in [1.165, 1.54) is 16.7 Å². The van der Waals surface area contributed by atoms with E-state index in [9.17, 15) is 0 Å². The third-order valence-electron chi connectivity index (χ3n) is 1.77. The zero-order valence-electron chi connectivity index (χ0n) is 10.1. The van der Waals surface area contributed by atoms with E-state index in [0.717, 1.165) is 13.2 Å². The number of ether oxygens (including phenoxy) is 1. The van der Waals surface area contributed by atoms with E-state index in [1.54, 1.807) is 0 Å². The van der Waals surface area contributed by atoms with Crippen molar-refractivity contribution >= 4 is 0 Å². The first-order valence-electron chi connectivity index (χ1n) is 5.22. The minimum Gasteiger partial charge on any atom is -0.382 e. The fraction of sp³-hybridized carbons (Fsp3) is 0.538. The maximum Gasteiger partial charge on any atom is 0.0437 e. The minimum absolute atomic E-state index is 0.844. The van der Waals surface area contributed by atoms with Gasteiger partial charge in [-0.1, -0.05) is 34.9 Å². The van der Waals surface area contributed by atoms with Gasteiger partial charge in [0.25, 0.3) is 0 Å². The summed E-state index contributed by atoms with van der Waals surface area (Å²) in [5, 5.41) is 0. The molecule has 1 aromatic carbocycles. The quantitative estimate of drug-likeness (QED) is 0.698. The van der Waals surface area contributed by atoms with Crippen LogP contribution in [0, 0.1) is 20.8 Å². The predicted octanol–water partition coefficient (Wildman–Crippen LogP) is 3.65. The molecule has 0 spiro atoms. The Labute approximate surface area is 88.1 Å². The number of hydrogen-bond acceptors (Lipinski definition) is 1. The van der Waals surface area contributed by atoms with Crippen molar-refractivity contribution in [3.05, 3.63) is 34.9 Å². The van der Waals surface area contributed by atoms with Gasteiger partial charge in [0.15, 0.2) is 0 Å². The molecular weight excluding hydrogens is 172 g/mol. The molecule has 0 aliphatic carbocycles. The molecule has 0 aromatic heterocycles. The van der Waals surface area contributed by atoms with Crippen LogP contribution < -0.4 is 0 Å². The largest absolute Gasteiger partial charge is 0.382 e. The summed E-state index contributed by atoms with van der Waals surface area (Å²) in [7, 11) is 0. The van der Waals surface area contributed by atoms with E-state index in [1.807, 2.05) is 13.8 Å². The summed E-state index contributed by atoms with van der Waals surface area (Å²) in [6.07, 6.45) is 0. The van der Waals surface area contributed by atoms with Crippen molar-refractivity contribution in [1.82, 2.24) is 0 Å². The summed E-state index contributed by atoms with van der Waals surface area (Å²) in [5.74, 6) is 0. The van der Waals surface area contributed by atoms with E-state index in [-0.39, 0.29) is 0 Å². The van der Waals surface area contributed by atoms with Crippen LogP contribution >= 0.6 is 0 Å². The molecule has 1 nitrogen and oxygen atoms in total. The molecule has 0 aliphatic rings. The van der Waals surface area contributed by atoms with Crippen LogP contribution in [0.25, 0.3) is 0 Å². The summed E-state index contributed by atoms with van der Waals surface area (Å²) in [5.41, 5.74) is 4.06. The maximum atomic E-state index is 4.83. The lowest BCUT2D eigenvalue weighted by molar-refractivity contribution is 0.162. The van der Waals surface area contributed by atoms with Crippen molar-refractivity contribution < 1.29 is 4.74 Å². The highest BCUT2D eigenvalue weighted by atomic mass is 16.5. The summed E-state index contributed by atoms with van der Waals surface area (Å²) in [4.78, 5) is 0. The first kappa shape index (κ1) is 13.2. The predicted molar refractivity (Wildman–Crippen MR) is 62.8 cm³/mol. The molecule has 0 N–H and O–H groups in total. The summed E-state index contributed by atoms with van der Waals surface area (Å²) >= 11 is 0. The van der Waals surface area contributed by atoms with Crippen LogP contribution in [-0.4, -0.2) is 13.2 Å². The maximum absolute atomic E-state index is 4.83. The van der Waals surface area contributed by atoms with E-state index in [4.69, 9.17) is 4.74 Å². The van der Waals surface area contributed by atoms with Crippen LogP contribution in [0.2, 0.25) is 0 Å². The molecule has 0 bridgehead atoms. The summed E-state index contributed by atoms with van der Waals surface area (Å²) in [6, 6.07) is 6.56. The molecule has 0 aliphatic heterocycles. The molecular formula is C13H22O. The fourth-order valence-corrected chi connectivity index (χ4v) is 1.41. The normalized spacial score (nSPS) is 9.21. The number of benzene rings is 1. The Kier molecular flexibility index (Phi) is 7.13. The molecule has 0 atom stereocenters. The van der Waals surface area contributed by atoms with Crippen molar-refractivity contribution in [2.24, 2.45) is 0 Å². The first-order valence-corrected chi connectivity index (χ1v) is 5.22. The molecule has 0 heterocycles. The molecule has 0 radical (unpaired) electrons. The molecule has 0 unspecified atom stereocenters. The van der Waals surface area contributed by atoms with Crippen LogP contribution in [0.1, 0.15) is 30.5 Å². The van der Waals surface area contributed by atoms with Crippen LogP contribution in [0.5, 0.6) is 0 Å². The van der Waals surface area contributed by atoms with Gasteiger partial charge in [0, 0.05) is 13.2 Å². The highest BCUT2D eigenvalue weighted by molar-refractivity contribution is 5.27. The molecule has 0 fully saturated rings. The van der Waals surface area contributed by atoms with Gasteiger partial charge in [-0.05, 0) is 34.6 Å². The minimum atomic E-state index is 0.844.